The highest BCUT2D eigenvalue weighted by molar-refractivity contribution is 5.92. The maximum atomic E-state index is 12.3. The molecule has 0 aliphatic carbocycles. The minimum Gasteiger partial charge on any atom is -0.467 e. The van der Waals surface area contributed by atoms with Crippen LogP contribution in [0.25, 0.3) is 0 Å². The second-order valence-electron chi connectivity index (χ2n) is 5.57. The molecule has 0 unspecified atom stereocenters. The molecule has 0 spiro atoms. The molecule has 0 saturated carbocycles. The van der Waals surface area contributed by atoms with E-state index in [1.54, 1.807) is 18.4 Å². The molecule has 8 heteroatoms. The van der Waals surface area contributed by atoms with E-state index < -0.39 is 0 Å². The van der Waals surface area contributed by atoms with Crippen molar-refractivity contribution in [2.24, 2.45) is 0 Å². The van der Waals surface area contributed by atoms with Crippen LogP contribution in [0.3, 0.4) is 0 Å². The second-order valence-corrected chi connectivity index (χ2v) is 5.57. The topological polar surface area (TPSA) is 98.5 Å². The predicted octanol–water partition coefficient (Wildman–Crippen LogP) is 2.34. The average Bonchev–Trinajstić information content (AvgIpc) is 3.35. The highest BCUT2D eigenvalue weighted by Gasteiger charge is 2.14. The first-order valence-electron chi connectivity index (χ1n) is 8.04. The molecule has 4 rings (SSSR count). The number of furan rings is 1. The summed E-state index contributed by atoms with van der Waals surface area (Å²) in [6.07, 6.45) is 3.13. The number of nitrogens with one attached hydrogen (secondary N) is 2. The van der Waals surface area contributed by atoms with Gasteiger partial charge >= 0.3 is 0 Å². The van der Waals surface area contributed by atoms with Crippen LogP contribution in [0.1, 0.15) is 21.8 Å². The van der Waals surface area contributed by atoms with Gasteiger partial charge in [0.25, 0.3) is 5.91 Å². The molecule has 1 aliphatic heterocycles. The molecule has 132 valence electrons. The summed E-state index contributed by atoms with van der Waals surface area (Å²) in [5.74, 6) is 2.22. The Morgan fingerprint density at radius 2 is 2.04 bits per heavy atom. The normalized spacial score (nSPS) is 12.0. The molecule has 3 heterocycles. The summed E-state index contributed by atoms with van der Waals surface area (Å²) < 4.78 is 15.8. The first kappa shape index (κ1) is 15.9. The van der Waals surface area contributed by atoms with Crippen LogP contribution in [0.5, 0.6) is 11.5 Å². The van der Waals surface area contributed by atoms with E-state index in [-0.39, 0.29) is 18.4 Å². The Labute approximate surface area is 149 Å². The summed E-state index contributed by atoms with van der Waals surface area (Å²) in [7, 11) is 0. The first-order valence-corrected chi connectivity index (χ1v) is 8.04. The Morgan fingerprint density at radius 1 is 1.12 bits per heavy atom. The van der Waals surface area contributed by atoms with Crippen molar-refractivity contribution in [3.63, 3.8) is 0 Å². The van der Waals surface area contributed by atoms with E-state index in [9.17, 15) is 4.79 Å². The highest BCUT2D eigenvalue weighted by Crippen LogP contribution is 2.32. The van der Waals surface area contributed by atoms with E-state index in [1.807, 2.05) is 24.3 Å². The zero-order valence-electron chi connectivity index (χ0n) is 13.8. The summed E-state index contributed by atoms with van der Waals surface area (Å²) >= 11 is 0. The van der Waals surface area contributed by atoms with E-state index in [0.717, 1.165) is 11.3 Å². The third-order valence-corrected chi connectivity index (χ3v) is 3.78. The van der Waals surface area contributed by atoms with Crippen LogP contribution in [0.4, 0.5) is 5.95 Å². The SMILES string of the molecule is O=C(NCc1ccc2c(c1)OCO2)c1ccnc(NCc2ccco2)n1. The third kappa shape index (κ3) is 3.59. The van der Waals surface area contributed by atoms with Crippen LogP contribution in [-0.4, -0.2) is 22.7 Å². The van der Waals surface area contributed by atoms with Crippen LogP contribution in [-0.2, 0) is 13.1 Å². The van der Waals surface area contributed by atoms with Gasteiger partial charge < -0.3 is 24.5 Å². The Balaban J connectivity index is 1.36. The number of carbonyl (C=O) groups is 1. The summed E-state index contributed by atoms with van der Waals surface area (Å²) in [4.78, 5) is 20.7. The summed E-state index contributed by atoms with van der Waals surface area (Å²) in [6.45, 7) is 1.02. The van der Waals surface area contributed by atoms with Crippen molar-refractivity contribution in [1.29, 1.82) is 0 Å². The fourth-order valence-electron chi connectivity index (χ4n) is 2.47. The van der Waals surface area contributed by atoms with Gasteiger partial charge in [-0.05, 0) is 35.9 Å². The molecule has 0 fully saturated rings. The Kier molecular flexibility index (Phi) is 4.38. The van der Waals surface area contributed by atoms with Crippen molar-refractivity contribution >= 4 is 11.9 Å². The van der Waals surface area contributed by atoms with E-state index in [0.29, 0.717) is 30.5 Å². The number of anilines is 1. The molecule has 8 nitrogen and oxygen atoms in total. The van der Waals surface area contributed by atoms with Crippen molar-refractivity contribution in [2.45, 2.75) is 13.1 Å². The van der Waals surface area contributed by atoms with Gasteiger partial charge in [-0.3, -0.25) is 4.79 Å². The van der Waals surface area contributed by atoms with Crippen molar-refractivity contribution in [1.82, 2.24) is 15.3 Å². The number of amides is 1. The van der Waals surface area contributed by atoms with Gasteiger partial charge in [-0.15, -0.1) is 0 Å². The fraction of sp³-hybridized carbons (Fsp3) is 0.167. The molecule has 0 atom stereocenters. The van der Waals surface area contributed by atoms with Gasteiger partial charge in [-0.2, -0.15) is 0 Å². The quantitative estimate of drug-likeness (QED) is 0.702. The Bertz CT molecular complexity index is 911. The molecule has 3 aromatic rings. The smallest absolute Gasteiger partial charge is 0.270 e. The lowest BCUT2D eigenvalue weighted by Crippen LogP contribution is -2.24. The van der Waals surface area contributed by atoms with Gasteiger partial charge in [0, 0.05) is 12.7 Å². The summed E-state index contributed by atoms with van der Waals surface area (Å²) in [5.41, 5.74) is 1.19. The zero-order valence-corrected chi connectivity index (χ0v) is 13.8. The number of aromatic nitrogens is 2. The fourth-order valence-corrected chi connectivity index (χ4v) is 2.47. The predicted molar refractivity (Wildman–Crippen MR) is 91.8 cm³/mol. The van der Waals surface area contributed by atoms with Gasteiger partial charge in [0.2, 0.25) is 12.7 Å². The number of hydrogen-bond acceptors (Lipinski definition) is 7. The lowest BCUT2D eigenvalue weighted by atomic mass is 10.2. The van der Waals surface area contributed by atoms with Crippen LogP contribution >= 0.6 is 0 Å². The molecular formula is C18H16N4O4. The number of hydrogen-bond donors (Lipinski definition) is 2. The maximum Gasteiger partial charge on any atom is 0.270 e. The van der Waals surface area contributed by atoms with Crippen molar-refractivity contribution < 1.29 is 18.7 Å². The minimum absolute atomic E-state index is 0.222. The number of carbonyl (C=O) groups excluding carboxylic acids is 1. The number of rotatable bonds is 6. The molecule has 1 amide bonds. The van der Waals surface area contributed by atoms with Gasteiger partial charge in [0.15, 0.2) is 11.5 Å². The molecule has 26 heavy (non-hydrogen) atoms. The maximum absolute atomic E-state index is 12.3. The highest BCUT2D eigenvalue weighted by atomic mass is 16.7. The number of benzene rings is 1. The minimum atomic E-state index is -0.286. The molecule has 0 radical (unpaired) electrons. The molecule has 0 bridgehead atoms. The van der Waals surface area contributed by atoms with Crippen LogP contribution < -0.4 is 20.1 Å². The van der Waals surface area contributed by atoms with E-state index >= 15 is 0 Å². The van der Waals surface area contributed by atoms with Gasteiger partial charge in [0.05, 0.1) is 12.8 Å². The number of nitrogens with zero attached hydrogens (tertiary/aromatic N) is 2. The molecule has 2 aromatic heterocycles. The molecule has 1 aromatic carbocycles. The molecule has 0 saturated heterocycles. The standard InChI is InChI=1S/C18H16N4O4/c23-17(20-9-12-3-4-15-16(8-12)26-11-25-15)14-5-6-19-18(22-14)21-10-13-2-1-7-24-13/h1-8H,9-11H2,(H,20,23)(H,19,21,22). The van der Waals surface area contributed by atoms with Crippen LogP contribution in [0.15, 0.2) is 53.3 Å². The third-order valence-electron chi connectivity index (χ3n) is 3.78. The van der Waals surface area contributed by atoms with Gasteiger partial charge in [0.1, 0.15) is 11.5 Å². The Hall–Kier alpha value is -3.55. The van der Waals surface area contributed by atoms with Gasteiger partial charge in [-0.1, -0.05) is 6.07 Å². The lowest BCUT2D eigenvalue weighted by Gasteiger charge is -2.07. The average molecular weight is 352 g/mol. The van der Waals surface area contributed by atoms with Crippen molar-refractivity contribution in [3.05, 3.63) is 65.9 Å². The van der Waals surface area contributed by atoms with E-state index in [2.05, 4.69) is 20.6 Å². The van der Waals surface area contributed by atoms with E-state index in [1.165, 1.54) is 6.20 Å². The lowest BCUT2D eigenvalue weighted by molar-refractivity contribution is 0.0946. The molecule has 1 aliphatic rings. The number of ether oxygens (including phenoxy) is 2. The summed E-state index contributed by atoms with van der Waals surface area (Å²) in [6, 6.07) is 10.8. The summed E-state index contributed by atoms with van der Waals surface area (Å²) in [5, 5.41) is 5.85. The number of fused-ring (bicyclic) bond motifs is 1. The van der Waals surface area contributed by atoms with Crippen LogP contribution in [0, 0.1) is 0 Å². The van der Waals surface area contributed by atoms with Crippen molar-refractivity contribution in [3.8, 4) is 11.5 Å². The van der Waals surface area contributed by atoms with E-state index in [4.69, 9.17) is 13.9 Å². The first-order chi connectivity index (χ1) is 12.8. The van der Waals surface area contributed by atoms with Gasteiger partial charge in [-0.25, -0.2) is 9.97 Å². The van der Waals surface area contributed by atoms with Crippen molar-refractivity contribution in [2.75, 3.05) is 12.1 Å². The Morgan fingerprint density at radius 3 is 2.92 bits per heavy atom. The molecular weight excluding hydrogens is 336 g/mol. The second kappa shape index (κ2) is 7.14. The molecule has 2 N–H and O–H groups in total. The monoisotopic (exact) mass is 352 g/mol. The zero-order chi connectivity index (χ0) is 17.8. The van der Waals surface area contributed by atoms with Crippen LogP contribution in [0.2, 0.25) is 0 Å². The largest absolute Gasteiger partial charge is 0.467 e.